The van der Waals surface area contributed by atoms with Crippen molar-refractivity contribution in [3.05, 3.63) is 81.1 Å². The van der Waals surface area contributed by atoms with Gasteiger partial charge in [-0.2, -0.15) is 0 Å². The minimum absolute atomic E-state index is 0.167. The molecule has 0 saturated heterocycles. The van der Waals surface area contributed by atoms with E-state index in [0.29, 0.717) is 16.3 Å². The van der Waals surface area contributed by atoms with Crippen LogP contribution in [-0.4, -0.2) is 15.6 Å². The molecule has 6 nitrogen and oxygen atoms in total. The molecule has 8 heteroatoms. The van der Waals surface area contributed by atoms with Gasteiger partial charge in [-0.25, -0.2) is 14.2 Å². The molecule has 0 fully saturated rings. The van der Waals surface area contributed by atoms with Gasteiger partial charge in [0.25, 0.3) is 5.56 Å². The largest absolute Gasteiger partial charge is 0.325 e. The lowest BCUT2D eigenvalue weighted by atomic mass is 10.2. The molecule has 0 bridgehead atoms. The second kappa shape index (κ2) is 7.59. The number of halogens is 2. The van der Waals surface area contributed by atoms with Gasteiger partial charge in [0, 0.05) is 23.1 Å². The van der Waals surface area contributed by atoms with Gasteiger partial charge in [0.1, 0.15) is 5.82 Å². The van der Waals surface area contributed by atoms with Crippen molar-refractivity contribution in [1.82, 2.24) is 9.55 Å². The molecule has 2 N–H and O–H groups in total. The smallest absolute Gasteiger partial charge is 0.308 e. The van der Waals surface area contributed by atoms with Gasteiger partial charge in [0.15, 0.2) is 0 Å². The van der Waals surface area contributed by atoms with Crippen molar-refractivity contribution in [1.29, 1.82) is 0 Å². The number of nitrogens with one attached hydrogen (secondary N) is 2. The van der Waals surface area contributed by atoms with Crippen LogP contribution in [0.2, 0.25) is 5.02 Å². The Morgan fingerprint density at radius 1 is 1.11 bits per heavy atom. The summed E-state index contributed by atoms with van der Waals surface area (Å²) in [5.74, 6) is -0.608. The van der Waals surface area contributed by atoms with Gasteiger partial charge in [-0.1, -0.05) is 23.7 Å². The summed E-state index contributed by atoms with van der Waals surface area (Å²) in [6, 6.07) is 8.76. The quantitative estimate of drug-likeness (QED) is 0.705. The minimum atomic E-state index is -0.706. The van der Waals surface area contributed by atoms with Crippen LogP contribution < -0.4 is 16.2 Å². The number of anilines is 2. The average molecular weight is 387 g/mol. The van der Waals surface area contributed by atoms with E-state index in [1.807, 2.05) is 6.92 Å². The first-order valence-corrected chi connectivity index (χ1v) is 8.41. The number of benzene rings is 2. The monoisotopic (exact) mass is 386 g/mol. The highest BCUT2D eigenvalue weighted by Gasteiger charge is 2.11. The van der Waals surface area contributed by atoms with Gasteiger partial charge in [-0.15, -0.1) is 0 Å². The Morgan fingerprint density at radius 2 is 1.85 bits per heavy atom. The van der Waals surface area contributed by atoms with Crippen LogP contribution in [0.3, 0.4) is 0 Å². The van der Waals surface area contributed by atoms with E-state index < -0.39 is 17.4 Å². The van der Waals surface area contributed by atoms with Crippen LogP contribution in [0.15, 0.2) is 53.6 Å². The molecule has 0 unspecified atom stereocenters. The van der Waals surface area contributed by atoms with Crippen molar-refractivity contribution >= 4 is 29.1 Å². The maximum absolute atomic E-state index is 13.6. The number of urea groups is 1. The number of carbonyl (C=O) groups excluding carboxylic acids is 1. The molecule has 0 aliphatic heterocycles. The zero-order valence-electron chi connectivity index (χ0n) is 14.6. The number of aryl methyl sites for hydroxylation is 2. The van der Waals surface area contributed by atoms with Crippen LogP contribution in [0.1, 0.15) is 11.1 Å². The molecule has 138 valence electrons. The molecule has 1 aromatic heterocycles. The molecule has 0 spiro atoms. The lowest BCUT2D eigenvalue weighted by molar-refractivity contribution is 0.262. The molecule has 0 aliphatic rings. The average Bonchev–Trinajstić information content (AvgIpc) is 2.62. The van der Waals surface area contributed by atoms with E-state index in [0.717, 1.165) is 5.56 Å². The van der Waals surface area contributed by atoms with Gasteiger partial charge in [-0.05, 0) is 49.2 Å². The van der Waals surface area contributed by atoms with E-state index in [-0.39, 0.29) is 11.5 Å². The van der Waals surface area contributed by atoms with Crippen LogP contribution >= 0.6 is 11.6 Å². The van der Waals surface area contributed by atoms with E-state index in [9.17, 15) is 14.0 Å². The van der Waals surface area contributed by atoms with Gasteiger partial charge < -0.3 is 5.32 Å². The standard InChI is InChI=1S/C19H16ClFN4O2/c1-11-4-6-14(10-15(11)20)25-8-7-22-17(18(25)26)24-19(27)23-13-5-3-12(2)16(21)9-13/h3-10H,1-2H3,(H2,22,23,24,27). The van der Waals surface area contributed by atoms with Gasteiger partial charge >= 0.3 is 6.03 Å². The minimum Gasteiger partial charge on any atom is -0.308 e. The van der Waals surface area contributed by atoms with Crippen molar-refractivity contribution in [2.24, 2.45) is 0 Å². The van der Waals surface area contributed by atoms with Crippen LogP contribution in [0.5, 0.6) is 0 Å². The predicted molar refractivity (Wildman–Crippen MR) is 103 cm³/mol. The van der Waals surface area contributed by atoms with Crippen LogP contribution in [-0.2, 0) is 0 Å². The van der Waals surface area contributed by atoms with E-state index in [4.69, 9.17) is 11.6 Å². The summed E-state index contributed by atoms with van der Waals surface area (Å²) in [6.45, 7) is 3.47. The summed E-state index contributed by atoms with van der Waals surface area (Å²) >= 11 is 6.11. The third kappa shape index (κ3) is 4.15. The second-order valence-electron chi connectivity index (χ2n) is 5.93. The predicted octanol–water partition coefficient (Wildman–Crippen LogP) is 4.29. The normalized spacial score (nSPS) is 10.5. The summed E-state index contributed by atoms with van der Waals surface area (Å²) in [4.78, 5) is 28.6. The number of aromatic nitrogens is 2. The molecule has 0 radical (unpaired) electrons. The Labute approximate surface area is 159 Å². The first-order valence-electron chi connectivity index (χ1n) is 8.03. The molecule has 2 aromatic carbocycles. The summed E-state index contributed by atoms with van der Waals surface area (Å²) < 4.78 is 14.9. The van der Waals surface area contributed by atoms with Crippen molar-refractivity contribution in [2.75, 3.05) is 10.6 Å². The molecular weight excluding hydrogens is 371 g/mol. The highest BCUT2D eigenvalue weighted by Crippen LogP contribution is 2.19. The summed E-state index contributed by atoms with van der Waals surface area (Å²) in [7, 11) is 0. The SMILES string of the molecule is Cc1ccc(NC(=O)Nc2nccn(-c3ccc(C)c(Cl)c3)c2=O)cc1F. The molecule has 3 aromatic rings. The van der Waals surface area contributed by atoms with Gasteiger partial charge in [-0.3, -0.25) is 14.7 Å². The Hall–Kier alpha value is -3.19. The topological polar surface area (TPSA) is 76.0 Å². The van der Waals surface area contributed by atoms with Crippen molar-refractivity contribution in [3.8, 4) is 5.69 Å². The van der Waals surface area contributed by atoms with Crippen LogP contribution in [0.4, 0.5) is 20.7 Å². The fourth-order valence-electron chi connectivity index (χ4n) is 2.37. The Morgan fingerprint density at radius 3 is 2.56 bits per heavy atom. The van der Waals surface area contributed by atoms with Gasteiger partial charge in [0.2, 0.25) is 5.82 Å². The molecular formula is C19H16ClFN4O2. The molecule has 0 aliphatic carbocycles. The number of hydrogen-bond acceptors (Lipinski definition) is 3. The number of rotatable bonds is 3. The number of hydrogen-bond donors (Lipinski definition) is 2. The van der Waals surface area contributed by atoms with Crippen molar-refractivity contribution < 1.29 is 9.18 Å². The Balaban J connectivity index is 1.83. The molecule has 0 saturated carbocycles. The molecule has 1 heterocycles. The first kappa shape index (κ1) is 18.6. The van der Waals surface area contributed by atoms with E-state index in [1.54, 1.807) is 37.3 Å². The van der Waals surface area contributed by atoms with E-state index in [2.05, 4.69) is 15.6 Å². The fourth-order valence-corrected chi connectivity index (χ4v) is 2.55. The summed E-state index contributed by atoms with van der Waals surface area (Å²) in [6.07, 6.45) is 2.86. The lowest BCUT2D eigenvalue weighted by Gasteiger charge is -2.10. The fraction of sp³-hybridized carbons (Fsp3) is 0.105. The molecule has 0 atom stereocenters. The molecule has 27 heavy (non-hydrogen) atoms. The summed E-state index contributed by atoms with van der Waals surface area (Å²) in [5, 5.41) is 5.36. The maximum atomic E-state index is 13.6. The highest BCUT2D eigenvalue weighted by molar-refractivity contribution is 6.31. The zero-order valence-corrected chi connectivity index (χ0v) is 15.3. The lowest BCUT2D eigenvalue weighted by Crippen LogP contribution is -2.28. The van der Waals surface area contributed by atoms with Gasteiger partial charge in [0.05, 0.1) is 5.69 Å². The molecule has 3 rings (SSSR count). The number of nitrogens with zero attached hydrogens (tertiary/aromatic N) is 2. The van der Waals surface area contributed by atoms with Crippen molar-refractivity contribution in [2.45, 2.75) is 13.8 Å². The van der Waals surface area contributed by atoms with Crippen LogP contribution in [0, 0.1) is 19.7 Å². The molecule has 2 amide bonds. The number of carbonyl (C=O) groups is 1. The van der Waals surface area contributed by atoms with Crippen LogP contribution in [0.25, 0.3) is 5.69 Å². The summed E-state index contributed by atoms with van der Waals surface area (Å²) in [5.41, 5.74) is 1.62. The maximum Gasteiger partial charge on any atom is 0.325 e. The number of amides is 2. The first-order chi connectivity index (χ1) is 12.8. The zero-order chi connectivity index (χ0) is 19.6. The second-order valence-corrected chi connectivity index (χ2v) is 6.33. The third-order valence-electron chi connectivity index (χ3n) is 3.94. The van der Waals surface area contributed by atoms with E-state index in [1.165, 1.54) is 23.0 Å². The third-order valence-corrected chi connectivity index (χ3v) is 4.34. The Bertz CT molecular complexity index is 1080. The van der Waals surface area contributed by atoms with E-state index >= 15 is 0 Å². The Kier molecular flexibility index (Phi) is 5.23. The highest BCUT2D eigenvalue weighted by atomic mass is 35.5. The van der Waals surface area contributed by atoms with Crippen molar-refractivity contribution in [3.63, 3.8) is 0 Å².